The van der Waals surface area contributed by atoms with E-state index in [2.05, 4.69) is 0 Å². The van der Waals surface area contributed by atoms with Crippen LogP contribution in [0, 0.1) is 0 Å². The second kappa shape index (κ2) is 6.56. The van der Waals surface area contributed by atoms with Gasteiger partial charge in [-0.15, -0.1) is 0 Å². The molecular formula is C18H16F3NO4S. The molecule has 0 aromatic heterocycles. The van der Waals surface area contributed by atoms with E-state index in [1.807, 2.05) is 6.92 Å². The first-order valence-electron chi connectivity index (χ1n) is 8.04. The van der Waals surface area contributed by atoms with Gasteiger partial charge in [-0.05, 0) is 49.2 Å². The Morgan fingerprint density at radius 1 is 1.19 bits per heavy atom. The maximum absolute atomic E-state index is 13.1. The molecule has 0 unspecified atom stereocenters. The molecule has 3 rings (SSSR count). The number of hydrogen-bond donors (Lipinski definition) is 0. The normalized spacial score (nSPS) is 16.9. The van der Waals surface area contributed by atoms with Crippen LogP contribution in [-0.4, -0.2) is 20.4 Å². The molecule has 1 aliphatic rings. The largest absolute Gasteiger partial charge is 0.420 e. The Hall–Kier alpha value is -2.55. The van der Waals surface area contributed by atoms with E-state index in [1.165, 1.54) is 31.2 Å². The first-order chi connectivity index (χ1) is 12.5. The second-order valence-electron chi connectivity index (χ2n) is 6.26. The highest BCUT2D eigenvalue weighted by Gasteiger charge is 2.36. The van der Waals surface area contributed by atoms with Crippen LogP contribution < -0.4 is 9.08 Å². The third-order valence-electron chi connectivity index (χ3n) is 4.29. The molecule has 0 fully saturated rings. The summed E-state index contributed by atoms with van der Waals surface area (Å²) in [6, 6.07) is 7.99. The molecule has 144 valence electrons. The van der Waals surface area contributed by atoms with Crippen molar-refractivity contribution in [1.29, 1.82) is 0 Å². The first kappa shape index (κ1) is 19.2. The van der Waals surface area contributed by atoms with Crippen LogP contribution >= 0.6 is 0 Å². The van der Waals surface area contributed by atoms with Crippen molar-refractivity contribution in [2.75, 3.05) is 4.90 Å². The van der Waals surface area contributed by atoms with E-state index >= 15 is 0 Å². The van der Waals surface area contributed by atoms with Crippen molar-refractivity contribution in [3.8, 4) is 5.75 Å². The maximum Gasteiger partial charge on any atom is 0.420 e. The van der Waals surface area contributed by atoms with Gasteiger partial charge in [-0.1, -0.05) is 12.1 Å². The molecule has 1 aliphatic heterocycles. The summed E-state index contributed by atoms with van der Waals surface area (Å²) in [4.78, 5) is 13.0. The van der Waals surface area contributed by atoms with Crippen molar-refractivity contribution in [2.24, 2.45) is 0 Å². The number of alkyl halides is 3. The average Bonchev–Trinajstić information content (AvgIpc) is 2.88. The molecule has 27 heavy (non-hydrogen) atoms. The molecule has 0 aliphatic carbocycles. The summed E-state index contributed by atoms with van der Waals surface area (Å²) in [5.41, 5.74) is 0.0298. The van der Waals surface area contributed by atoms with Gasteiger partial charge in [0.1, 0.15) is 4.90 Å². The standard InChI is InChI=1S/C18H16F3NO4S/c1-11-9-13-10-14(7-8-16(13)22(11)12(2)23)27(24,25)26-17-6-4-3-5-15(17)18(19,20)21/h3-8,10-11H,9H2,1-2H3/t11-/m0/s1. The van der Waals surface area contributed by atoms with E-state index in [4.69, 9.17) is 4.18 Å². The van der Waals surface area contributed by atoms with Gasteiger partial charge >= 0.3 is 16.3 Å². The summed E-state index contributed by atoms with van der Waals surface area (Å²) in [6.45, 7) is 3.24. The van der Waals surface area contributed by atoms with Crippen molar-refractivity contribution in [3.63, 3.8) is 0 Å². The summed E-state index contributed by atoms with van der Waals surface area (Å²) in [5.74, 6) is -0.962. The second-order valence-corrected chi connectivity index (χ2v) is 7.81. The van der Waals surface area contributed by atoms with E-state index in [0.717, 1.165) is 18.2 Å². The molecule has 2 aromatic rings. The van der Waals surface area contributed by atoms with Crippen LogP contribution in [0.2, 0.25) is 0 Å². The van der Waals surface area contributed by atoms with Crippen molar-refractivity contribution >= 4 is 21.7 Å². The molecule has 1 atom stereocenters. The lowest BCUT2D eigenvalue weighted by Crippen LogP contribution is -2.33. The minimum Gasteiger partial charge on any atom is -0.378 e. The highest BCUT2D eigenvalue weighted by atomic mass is 32.2. The van der Waals surface area contributed by atoms with E-state index in [0.29, 0.717) is 17.7 Å². The minimum absolute atomic E-state index is 0.137. The topological polar surface area (TPSA) is 63.7 Å². The van der Waals surface area contributed by atoms with Gasteiger partial charge in [0, 0.05) is 18.7 Å². The van der Waals surface area contributed by atoms with Crippen LogP contribution in [0.4, 0.5) is 18.9 Å². The fourth-order valence-electron chi connectivity index (χ4n) is 3.18. The number of amides is 1. The maximum atomic E-state index is 13.1. The molecule has 2 aromatic carbocycles. The van der Waals surface area contributed by atoms with Crippen LogP contribution in [0.3, 0.4) is 0 Å². The molecule has 0 saturated heterocycles. The SMILES string of the molecule is CC(=O)N1c2ccc(S(=O)(=O)Oc3ccccc3C(F)(F)F)cc2C[C@@H]1C. The average molecular weight is 399 g/mol. The minimum atomic E-state index is -4.75. The Labute approximate surface area is 154 Å². The highest BCUT2D eigenvalue weighted by molar-refractivity contribution is 7.87. The number of nitrogens with zero attached hydrogens (tertiary/aromatic N) is 1. The third-order valence-corrected chi connectivity index (χ3v) is 5.52. The predicted molar refractivity (Wildman–Crippen MR) is 92.0 cm³/mol. The van der Waals surface area contributed by atoms with Crippen molar-refractivity contribution < 1.29 is 30.6 Å². The van der Waals surface area contributed by atoms with Gasteiger partial charge in [-0.2, -0.15) is 21.6 Å². The Balaban J connectivity index is 1.97. The Bertz CT molecular complexity index is 1000. The summed E-state index contributed by atoms with van der Waals surface area (Å²) >= 11 is 0. The van der Waals surface area contributed by atoms with Crippen molar-refractivity contribution in [2.45, 2.75) is 37.4 Å². The number of benzene rings is 2. The number of rotatable bonds is 3. The van der Waals surface area contributed by atoms with Crippen LogP contribution in [0.15, 0.2) is 47.4 Å². The molecule has 1 heterocycles. The van der Waals surface area contributed by atoms with Gasteiger partial charge in [0.15, 0.2) is 5.75 Å². The molecular weight excluding hydrogens is 383 g/mol. The van der Waals surface area contributed by atoms with E-state index in [1.54, 1.807) is 4.90 Å². The van der Waals surface area contributed by atoms with E-state index < -0.39 is 27.6 Å². The lowest BCUT2D eigenvalue weighted by atomic mass is 10.1. The number of para-hydroxylation sites is 1. The summed E-state index contributed by atoms with van der Waals surface area (Å²) in [6.07, 6.45) is -4.31. The molecule has 0 saturated carbocycles. The smallest absolute Gasteiger partial charge is 0.378 e. The lowest BCUT2D eigenvalue weighted by Gasteiger charge is -2.20. The van der Waals surface area contributed by atoms with Gasteiger partial charge in [0.05, 0.1) is 5.56 Å². The Morgan fingerprint density at radius 2 is 1.85 bits per heavy atom. The summed E-state index contributed by atoms with van der Waals surface area (Å²) in [7, 11) is -4.48. The number of carbonyl (C=O) groups excluding carboxylic acids is 1. The lowest BCUT2D eigenvalue weighted by molar-refractivity contribution is -0.138. The Morgan fingerprint density at radius 3 is 2.48 bits per heavy atom. The fraction of sp³-hybridized carbons (Fsp3) is 0.278. The molecule has 0 bridgehead atoms. The van der Waals surface area contributed by atoms with Crippen LogP contribution in [-0.2, 0) is 27.5 Å². The van der Waals surface area contributed by atoms with Gasteiger partial charge in [-0.3, -0.25) is 4.79 Å². The fourth-order valence-corrected chi connectivity index (χ4v) is 4.18. The molecule has 0 radical (unpaired) electrons. The summed E-state index contributed by atoms with van der Waals surface area (Å²) < 4.78 is 69.0. The zero-order chi connectivity index (χ0) is 20.0. The number of halogens is 3. The summed E-state index contributed by atoms with van der Waals surface area (Å²) in [5, 5.41) is 0. The molecule has 0 spiro atoms. The monoisotopic (exact) mass is 399 g/mol. The van der Waals surface area contributed by atoms with Crippen LogP contribution in [0.25, 0.3) is 0 Å². The van der Waals surface area contributed by atoms with Crippen LogP contribution in [0.1, 0.15) is 25.0 Å². The van der Waals surface area contributed by atoms with Crippen molar-refractivity contribution in [3.05, 3.63) is 53.6 Å². The van der Waals surface area contributed by atoms with E-state index in [9.17, 15) is 26.4 Å². The number of carbonyl (C=O) groups is 1. The molecule has 0 N–H and O–H groups in total. The zero-order valence-corrected chi connectivity index (χ0v) is 15.3. The van der Waals surface area contributed by atoms with Gasteiger partial charge < -0.3 is 9.08 Å². The van der Waals surface area contributed by atoms with Gasteiger partial charge in [0.25, 0.3) is 0 Å². The van der Waals surface area contributed by atoms with Gasteiger partial charge in [0.2, 0.25) is 5.91 Å². The number of fused-ring (bicyclic) bond motifs is 1. The molecule has 1 amide bonds. The Kier molecular flexibility index (Phi) is 4.67. The highest BCUT2D eigenvalue weighted by Crippen LogP contribution is 2.38. The van der Waals surface area contributed by atoms with Crippen molar-refractivity contribution in [1.82, 2.24) is 0 Å². The number of hydrogen-bond acceptors (Lipinski definition) is 4. The third kappa shape index (κ3) is 3.64. The first-order valence-corrected chi connectivity index (χ1v) is 9.45. The quantitative estimate of drug-likeness (QED) is 0.737. The predicted octanol–water partition coefficient (Wildman–Crippen LogP) is 3.77. The van der Waals surface area contributed by atoms with Crippen LogP contribution in [0.5, 0.6) is 5.75 Å². The molecule has 5 nitrogen and oxygen atoms in total. The molecule has 9 heteroatoms. The zero-order valence-electron chi connectivity index (χ0n) is 14.4. The number of anilines is 1. The van der Waals surface area contributed by atoms with Gasteiger partial charge in [-0.25, -0.2) is 0 Å². The van der Waals surface area contributed by atoms with E-state index in [-0.39, 0.29) is 16.8 Å².